The van der Waals surface area contributed by atoms with Crippen LogP contribution in [0, 0.1) is 5.82 Å². The van der Waals surface area contributed by atoms with Crippen LogP contribution in [-0.2, 0) is 18.5 Å². The second kappa shape index (κ2) is 7.53. The predicted octanol–water partition coefficient (Wildman–Crippen LogP) is 3.10. The molecule has 0 aliphatic carbocycles. The Morgan fingerprint density at radius 1 is 1.38 bits per heavy atom. The van der Waals surface area contributed by atoms with E-state index in [4.69, 9.17) is 20.2 Å². The van der Waals surface area contributed by atoms with Gasteiger partial charge in [0.05, 0.1) is 23.2 Å². The van der Waals surface area contributed by atoms with Gasteiger partial charge in [-0.25, -0.2) is 17.6 Å². The third kappa shape index (κ3) is 5.54. The molecule has 0 unspecified atom stereocenters. The number of hydrogen-bond donors (Lipinski definition) is 0. The monoisotopic (exact) mass is 402 g/mol. The molecule has 0 aliphatic rings. The summed E-state index contributed by atoms with van der Waals surface area (Å²) in [7, 11) is 1.09. The van der Waals surface area contributed by atoms with Gasteiger partial charge in [0.15, 0.2) is 0 Å². The number of rotatable bonds is 6. The highest BCUT2D eigenvalue weighted by molar-refractivity contribution is 9.10. The normalized spacial score (nSPS) is 11.7. The van der Waals surface area contributed by atoms with Crippen molar-refractivity contribution in [2.45, 2.75) is 24.8 Å². The quantitative estimate of drug-likeness (QED) is 0.415. The number of hydrogen-bond acceptors (Lipinski definition) is 5. The Labute approximate surface area is 134 Å². The fourth-order valence-corrected chi connectivity index (χ4v) is 3.54. The van der Waals surface area contributed by atoms with Crippen molar-refractivity contribution < 1.29 is 27.1 Å². The Balaban J connectivity index is 2.90. The Hall–Kier alpha value is -0.700. The van der Waals surface area contributed by atoms with E-state index in [1.165, 1.54) is 0 Å². The van der Waals surface area contributed by atoms with Crippen LogP contribution in [0.3, 0.4) is 0 Å². The van der Waals surface area contributed by atoms with Gasteiger partial charge >= 0.3 is 5.97 Å². The maximum absolute atomic E-state index is 13.7. The molecule has 118 valence electrons. The molecule has 1 aromatic carbocycles. The van der Waals surface area contributed by atoms with Gasteiger partial charge in [-0.1, -0.05) is 0 Å². The van der Waals surface area contributed by atoms with Crippen molar-refractivity contribution in [1.82, 2.24) is 0 Å². The van der Waals surface area contributed by atoms with Crippen molar-refractivity contribution in [1.29, 1.82) is 0 Å². The fraction of sp³-hybridized carbons (Fsp3) is 0.417. The van der Waals surface area contributed by atoms with E-state index < -0.39 is 31.3 Å². The second-order valence-electron chi connectivity index (χ2n) is 4.26. The van der Waals surface area contributed by atoms with Crippen LogP contribution in [0.2, 0.25) is 0 Å². The number of carbonyl (C=O) groups excluding carboxylic acids is 1. The van der Waals surface area contributed by atoms with Gasteiger partial charge in [0.2, 0.25) is 0 Å². The lowest BCUT2D eigenvalue weighted by Crippen LogP contribution is -2.15. The van der Waals surface area contributed by atoms with Gasteiger partial charge in [-0.05, 0) is 41.9 Å². The Kier molecular flexibility index (Phi) is 6.58. The Bertz CT molecular complexity index is 633. The number of halogens is 3. The minimum atomic E-state index is -4.12. The first-order chi connectivity index (χ1) is 9.62. The van der Waals surface area contributed by atoms with Crippen LogP contribution in [0.5, 0.6) is 0 Å². The Morgan fingerprint density at radius 3 is 2.52 bits per heavy atom. The molecule has 0 N–H and O–H groups in total. The molecule has 0 bridgehead atoms. The van der Waals surface area contributed by atoms with Gasteiger partial charge in [-0.3, -0.25) is 0 Å². The van der Waals surface area contributed by atoms with Crippen LogP contribution in [0.1, 0.15) is 24.2 Å². The molecule has 0 saturated carbocycles. The Morgan fingerprint density at radius 2 is 2.00 bits per heavy atom. The van der Waals surface area contributed by atoms with E-state index in [9.17, 15) is 17.6 Å². The fourth-order valence-electron chi connectivity index (χ4n) is 1.37. The van der Waals surface area contributed by atoms with Crippen LogP contribution in [0.15, 0.2) is 21.5 Å². The number of benzene rings is 1. The minimum absolute atomic E-state index is 0.0267. The van der Waals surface area contributed by atoms with Crippen molar-refractivity contribution in [2.75, 3.05) is 13.2 Å². The van der Waals surface area contributed by atoms with Crippen LogP contribution in [0.4, 0.5) is 4.39 Å². The highest BCUT2D eigenvalue weighted by atomic mass is 79.9. The smallest absolute Gasteiger partial charge is 0.341 e. The molecule has 9 heteroatoms. The third-order valence-electron chi connectivity index (χ3n) is 2.27. The molecule has 0 amide bonds. The molecule has 0 saturated heterocycles. The van der Waals surface area contributed by atoms with Gasteiger partial charge in [-0.15, -0.1) is 0 Å². The lowest BCUT2D eigenvalue weighted by molar-refractivity contribution is 0.0173. The molecular formula is C12H13BrClFO5S. The third-order valence-corrected chi connectivity index (χ3v) is 4.55. The molecule has 0 spiro atoms. The SMILES string of the molecule is CC(C)OCCOC(=O)c1cc(S(=O)(=O)Cl)c(Br)cc1F. The van der Waals surface area contributed by atoms with Crippen molar-refractivity contribution in [3.63, 3.8) is 0 Å². The van der Waals surface area contributed by atoms with E-state index in [2.05, 4.69) is 15.9 Å². The lowest BCUT2D eigenvalue weighted by atomic mass is 10.2. The van der Waals surface area contributed by atoms with Crippen molar-refractivity contribution >= 4 is 41.6 Å². The van der Waals surface area contributed by atoms with E-state index in [-0.39, 0.29) is 23.8 Å². The maximum atomic E-state index is 13.7. The summed E-state index contributed by atoms with van der Waals surface area (Å²) in [5.74, 6) is -1.91. The predicted molar refractivity (Wildman–Crippen MR) is 78.5 cm³/mol. The minimum Gasteiger partial charge on any atom is -0.460 e. The highest BCUT2D eigenvalue weighted by Gasteiger charge is 2.22. The summed E-state index contributed by atoms with van der Waals surface area (Å²) in [6, 6.07) is 1.67. The maximum Gasteiger partial charge on any atom is 0.341 e. The van der Waals surface area contributed by atoms with Gasteiger partial charge < -0.3 is 9.47 Å². The summed E-state index contributed by atoms with van der Waals surface area (Å²) in [4.78, 5) is 11.3. The lowest BCUT2D eigenvalue weighted by Gasteiger charge is -2.10. The average Bonchev–Trinajstić information content (AvgIpc) is 2.32. The summed E-state index contributed by atoms with van der Waals surface area (Å²) >= 11 is 2.87. The first-order valence-electron chi connectivity index (χ1n) is 5.85. The van der Waals surface area contributed by atoms with Gasteiger partial charge in [0.1, 0.15) is 12.4 Å². The highest BCUT2D eigenvalue weighted by Crippen LogP contribution is 2.28. The zero-order chi connectivity index (χ0) is 16.2. The number of ether oxygens (including phenoxy) is 2. The van der Waals surface area contributed by atoms with Crippen LogP contribution >= 0.6 is 26.6 Å². The molecule has 5 nitrogen and oxygen atoms in total. The van der Waals surface area contributed by atoms with E-state index in [0.29, 0.717) is 0 Å². The van der Waals surface area contributed by atoms with Crippen LogP contribution in [0.25, 0.3) is 0 Å². The summed E-state index contributed by atoms with van der Waals surface area (Å²) in [5, 5.41) is 0. The summed E-state index contributed by atoms with van der Waals surface area (Å²) < 4.78 is 46.2. The topological polar surface area (TPSA) is 69.7 Å². The van der Waals surface area contributed by atoms with E-state index in [0.717, 1.165) is 12.1 Å². The largest absolute Gasteiger partial charge is 0.460 e. The molecule has 0 aliphatic heterocycles. The first kappa shape index (κ1) is 18.3. The van der Waals surface area contributed by atoms with Crippen molar-refractivity contribution in [3.8, 4) is 0 Å². The summed E-state index contributed by atoms with van der Waals surface area (Å²) in [6.07, 6.45) is -0.0267. The standard InChI is InChI=1S/C12H13BrClFO5S/c1-7(2)19-3-4-20-12(16)8-5-11(21(14,17)18)9(13)6-10(8)15/h5-7H,3-4H2,1-2H3. The zero-order valence-corrected chi connectivity index (χ0v) is 14.4. The molecule has 0 heterocycles. The number of carbonyl (C=O) groups is 1. The molecular weight excluding hydrogens is 391 g/mol. The van der Waals surface area contributed by atoms with E-state index >= 15 is 0 Å². The number of esters is 1. The molecule has 0 fully saturated rings. The van der Waals surface area contributed by atoms with E-state index in [1.807, 2.05) is 13.8 Å². The molecule has 21 heavy (non-hydrogen) atoms. The first-order valence-corrected chi connectivity index (χ1v) is 8.95. The molecule has 0 atom stereocenters. The second-order valence-corrected chi connectivity index (χ2v) is 7.64. The summed E-state index contributed by atoms with van der Waals surface area (Å²) in [6.45, 7) is 3.71. The van der Waals surface area contributed by atoms with Gasteiger partial charge in [0, 0.05) is 15.2 Å². The molecule has 0 aromatic heterocycles. The van der Waals surface area contributed by atoms with Gasteiger partial charge in [0.25, 0.3) is 9.05 Å². The summed E-state index contributed by atoms with van der Waals surface area (Å²) in [5.41, 5.74) is -0.512. The van der Waals surface area contributed by atoms with Crippen LogP contribution < -0.4 is 0 Å². The zero-order valence-electron chi connectivity index (χ0n) is 11.2. The average molecular weight is 404 g/mol. The van der Waals surface area contributed by atoms with Crippen molar-refractivity contribution in [2.24, 2.45) is 0 Å². The van der Waals surface area contributed by atoms with Gasteiger partial charge in [-0.2, -0.15) is 0 Å². The molecule has 1 rings (SSSR count). The molecule has 0 radical (unpaired) electrons. The molecule has 1 aromatic rings. The van der Waals surface area contributed by atoms with E-state index in [1.54, 1.807) is 0 Å². The van der Waals surface area contributed by atoms with Crippen molar-refractivity contribution in [3.05, 3.63) is 28.0 Å². The van der Waals surface area contributed by atoms with Crippen LogP contribution in [-0.4, -0.2) is 33.7 Å².